The van der Waals surface area contributed by atoms with Crippen molar-refractivity contribution in [2.24, 2.45) is 0 Å². The van der Waals surface area contributed by atoms with Crippen LogP contribution < -0.4 is 9.62 Å². The van der Waals surface area contributed by atoms with E-state index in [9.17, 15) is 21.6 Å². The van der Waals surface area contributed by atoms with E-state index in [1.54, 1.807) is 12.1 Å². The van der Waals surface area contributed by atoms with Crippen molar-refractivity contribution in [2.75, 3.05) is 29.0 Å². The Kier molecular flexibility index (Phi) is 7.50. The highest BCUT2D eigenvalue weighted by Gasteiger charge is 2.30. The van der Waals surface area contributed by atoms with Gasteiger partial charge in [-0.25, -0.2) is 16.8 Å². The van der Waals surface area contributed by atoms with Crippen molar-refractivity contribution < 1.29 is 21.6 Å². The van der Waals surface area contributed by atoms with Crippen molar-refractivity contribution >= 4 is 37.3 Å². The minimum atomic E-state index is -3.73. The van der Waals surface area contributed by atoms with Gasteiger partial charge in [-0.1, -0.05) is 12.5 Å². The molecule has 33 heavy (non-hydrogen) atoms. The van der Waals surface area contributed by atoms with E-state index in [1.807, 2.05) is 19.9 Å². The van der Waals surface area contributed by atoms with Crippen molar-refractivity contribution in [1.82, 2.24) is 4.31 Å². The van der Waals surface area contributed by atoms with Crippen LogP contribution >= 0.6 is 0 Å². The van der Waals surface area contributed by atoms with Crippen LogP contribution in [0, 0.1) is 13.8 Å². The molecule has 180 valence electrons. The molecule has 1 saturated heterocycles. The number of sulfonamides is 2. The number of anilines is 2. The maximum Gasteiger partial charge on any atom is 0.247 e. The standard InChI is InChI=1S/C23H31N3O5S2/c1-17-8-11-21(16-18(17)2)26(32(4,28)29)19(3)23(27)24-20-9-12-22(13-10-20)33(30,31)25-14-6-5-7-15-25/h8-13,16,19H,5-7,14-15H2,1-4H3,(H,24,27)/t19-/m1/s1. The Labute approximate surface area is 196 Å². The van der Waals surface area contributed by atoms with E-state index in [0.717, 1.165) is 41.0 Å². The lowest BCUT2D eigenvalue weighted by molar-refractivity contribution is -0.116. The van der Waals surface area contributed by atoms with E-state index in [0.29, 0.717) is 24.5 Å². The molecule has 1 aliphatic heterocycles. The quantitative estimate of drug-likeness (QED) is 0.638. The van der Waals surface area contributed by atoms with E-state index in [2.05, 4.69) is 5.32 Å². The molecule has 0 unspecified atom stereocenters. The molecule has 0 radical (unpaired) electrons. The maximum absolute atomic E-state index is 12.9. The molecule has 0 aliphatic carbocycles. The Bertz CT molecular complexity index is 1220. The number of carbonyl (C=O) groups is 1. The largest absolute Gasteiger partial charge is 0.324 e. The molecule has 2 aromatic carbocycles. The molecule has 0 saturated carbocycles. The number of hydrogen-bond donors (Lipinski definition) is 1. The summed E-state index contributed by atoms with van der Waals surface area (Å²) in [5.74, 6) is -0.523. The Hall–Kier alpha value is -2.43. The molecule has 10 heteroatoms. The number of amides is 1. The van der Waals surface area contributed by atoms with Crippen LogP contribution in [-0.2, 0) is 24.8 Å². The third-order valence-electron chi connectivity index (χ3n) is 5.91. The predicted octanol–water partition coefficient (Wildman–Crippen LogP) is 3.27. The van der Waals surface area contributed by atoms with Gasteiger partial charge in [-0.3, -0.25) is 9.10 Å². The zero-order valence-corrected chi connectivity index (χ0v) is 21.0. The van der Waals surface area contributed by atoms with Crippen molar-refractivity contribution in [3.63, 3.8) is 0 Å². The molecular formula is C23H31N3O5S2. The number of carbonyl (C=O) groups excluding carboxylic acids is 1. The van der Waals surface area contributed by atoms with Gasteiger partial charge in [-0.15, -0.1) is 0 Å². The summed E-state index contributed by atoms with van der Waals surface area (Å²) in [6.07, 6.45) is 3.79. The first-order valence-corrected chi connectivity index (χ1v) is 14.2. The zero-order valence-electron chi connectivity index (χ0n) is 19.4. The van der Waals surface area contributed by atoms with Gasteiger partial charge in [0.25, 0.3) is 0 Å². The Morgan fingerprint density at radius 3 is 2.09 bits per heavy atom. The number of nitrogens with zero attached hydrogens (tertiary/aromatic N) is 2. The summed E-state index contributed by atoms with van der Waals surface area (Å²) in [7, 11) is -7.30. The van der Waals surface area contributed by atoms with Gasteiger partial charge in [-0.2, -0.15) is 4.31 Å². The smallest absolute Gasteiger partial charge is 0.247 e. The van der Waals surface area contributed by atoms with Crippen molar-refractivity contribution in [3.8, 4) is 0 Å². The molecule has 0 spiro atoms. The van der Waals surface area contributed by atoms with Crippen LogP contribution in [0.1, 0.15) is 37.3 Å². The Morgan fingerprint density at radius 1 is 0.939 bits per heavy atom. The summed E-state index contributed by atoms with van der Waals surface area (Å²) in [5.41, 5.74) is 2.73. The minimum absolute atomic E-state index is 0.170. The van der Waals surface area contributed by atoms with Crippen molar-refractivity contribution in [2.45, 2.75) is 51.0 Å². The monoisotopic (exact) mass is 493 g/mol. The van der Waals surface area contributed by atoms with Crippen LogP contribution in [0.25, 0.3) is 0 Å². The van der Waals surface area contributed by atoms with Gasteiger partial charge in [0, 0.05) is 18.8 Å². The third-order valence-corrected chi connectivity index (χ3v) is 9.06. The summed E-state index contributed by atoms with van der Waals surface area (Å²) >= 11 is 0. The first-order chi connectivity index (χ1) is 15.4. The average Bonchev–Trinajstić information content (AvgIpc) is 2.76. The lowest BCUT2D eigenvalue weighted by Crippen LogP contribution is -2.45. The van der Waals surface area contributed by atoms with Gasteiger partial charge in [0.05, 0.1) is 16.8 Å². The number of aryl methyl sites for hydroxylation is 2. The fourth-order valence-corrected chi connectivity index (χ4v) is 6.57. The van der Waals surface area contributed by atoms with E-state index in [1.165, 1.54) is 35.5 Å². The molecule has 8 nitrogen and oxygen atoms in total. The average molecular weight is 494 g/mol. The van der Waals surface area contributed by atoms with Crippen LogP contribution in [0.5, 0.6) is 0 Å². The van der Waals surface area contributed by atoms with Crippen LogP contribution in [0.2, 0.25) is 0 Å². The van der Waals surface area contributed by atoms with Gasteiger partial charge >= 0.3 is 0 Å². The molecule has 1 atom stereocenters. The normalized spacial score (nSPS) is 16.2. The topological polar surface area (TPSA) is 104 Å². The fourth-order valence-electron chi connectivity index (χ4n) is 3.88. The predicted molar refractivity (Wildman–Crippen MR) is 130 cm³/mol. The van der Waals surface area contributed by atoms with Crippen LogP contribution in [0.4, 0.5) is 11.4 Å². The molecule has 1 N–H and O–H groups in total. The molecule has 0 bridgehead atoms. The van der Waals surface area contributed by atoms with Gasteiger partial charge < -0.3 is 5.32 Å². The fraction of sp³-hybridized carbons (Fsp3) is 0.435. The van der Waals surface area contributed by atoms with Crippen molar-refractivity contribution in [1.29, 1.82) is 0 Å². The lowest BCUT2D eigenvalue weighted by atomic mass is 10.1. The molecule has 3 rings (SSSR count). The maximum atomic E-state index is 12.9. The number of rotatable bonds is 7. The molecule has 1 aliphatic rings. The first kappa shape index (κ1) is 25.2. The third kappa shape index (κ3) is 5.74. The Morgan fingerprint density at radius 2 is 1.55 bits per heavy atom. The minimum Gasteiger partial charge on any atom is -0.324 e. The number of piperidine rings is 1. The zero-order chi connectivity index (χ0) is 24.4. The summed E-state index contributed by atoms with van der Waals surface area (Å²) in [4.78, 5) is 13.1. The number of hydrogen-bond acceptors (Lipinski definition) is 5. The summed E-state index contributed by atoms with van der Waals surface area (Å²) < 4.78 is 53.2. The Balaban J connectivity index is 1.78. The highest BCUT2D eigenvalue weighted by Crippen LogP contribution is 2.25. The van der Waals surface area contributed by atoms with E-state index < -0.39 is 32.0 Å². The van der Waals surface area contributed by atoms with Gasteiger partial charge in [0.15, 0.2) is 0 Å². The van der Waals surface area contributed by atoms with Gasteiger partial charge in [-0.05, 0) is 81.1 Å². The van der Waals surface area contributed by atoms with Gasteiger partial charge in [0.2, 0.25) is 26.0 Å². The molecule has 1 amide bonds. The van der Waals surface area contributed by atoms with E-state index in [-0.39, 0.29) is 4.90 Å². The summed E-state index contributed by atoms with van der Waals surface area (Å²) in [6, 6.07) is 10.2. The summed E-state index contributed by atoms with van der Waals surface area (Å²) in [6.45, 7) is 6.34. The van der Waals surface area contributed by atoms with Crippen LogP contribution in [-0.4, -0.2) is 52.4 Å². The van der Waals surface area contributed by atoms with Crippen molar-refractivity contribution in [3.05, 3.63) is 53.6 Å². The van der Waals surface area contributed by atoms with E-state index >= 15 is 0 Å². The molecule has 2 aromatic rings. The number of nitrogens with one attached hydrogen (secondary N) is 1. The summed E-state index contributed by atoms with van der Waals surface area (Å²) in [5, 5.41) is 2.69. The van der Waals surface area contributed by atoms with Crippen LogP contribution in [0.15, 0.2) is 47.4 Å². The lowest BCUT2D eigenvalue weighted by Gasteiger charge is -2.28. The number of benzene rings is 2. The molecule has 0 aromatic heterocycles. The first-order valence-electron chi connectivity index (χ1n) is 10.9. The van der Waals surface area contributed by atoms with Gasteiger partial charge in [0.1, 0.15) is 6.04 Å². The SMILES string of the molecule is Cc1ccc(N([C@H](C)C(=O)Nc2ccc(S(=O)(=O)N3CCCCC3)cc2)S(C)(=O)=O)cc1C. The molecule has 1 fully saturated rings. The second kappa shape index (κ2) is 9.82. The van der Waals surface area contributed by atoms with Crippen LogP contribution in [0.3, 0.4) is 0 Å². The molecule has 1 heterocycles. The van der Waals surface area contributed by atoms with E-state index in [4.69, 9.17) is 0 Å². The molecular weight excluding hydrogens is 462 g/mol. The highest BCUT2D eigenvalue weighted by atomic mass is 32.2. The highest BCUT2D eigenvalue weighted by molar-refractivity contribution is 7.92. The second-order valence-electron chi connectivity index (χ2n) is 8.48. The second-order valence-corrected chi connectivity index (χ2v) is 12.3.